The third-order valence-corrected chi connectivity index (χ3v) is 17.7. The van der Waals surface area contributed by atoms with Gasteiger partial charge in [-0.25, -0.2) is 9.13 Å². The zero-order chi connectivity index (χ0) is 72.3. The van der Waals surface area contributed by atoms with Crippen molar-refractivity contribution in [3.05, 3.63) is 134 Å². The minimum Gasteiger partial charge on any atom is -0.463 e. The van der Waals surface area contributed by atoms with Gasteiger partial charge in [-0.15, -0.1) is 0 Å². The van der Waals surface area contributed by atoms with Crippen LogP contribution in [0.25, 0.3) is 0 Å². The van der Waals surface area contributed by atoms with Crippen LogP contribution in [0, 0.1) is 0 Å². The Balaban J connectivity index is 4.62. The molecule has 5 unspecified atom stereocenters. The van der Waals surface area contributed by atoms with E-state index in [0.717, 1.165) is 180 Å². The zero-order valence-corrected chi connectivity index (χ0v) is 63.7. The number of carbonyl (C=O) groups is 3. The van der Waals surface area contributed by atoms with E-state index in [0.29, 0.717) is 19.3 Å². The molecule has 16 nitrogen and oxygen atoms in total. The van der Waals surface area contributed by atoms with E-state index < -0.39 is 91.5 Å². The van der Waals surface area contributed by atoms with E-state index >= 15 is 0 Å². The van der Waals surface area contributed by atoms with Crippen LogP contribution in [0.1, 0.15) is 303 Å². The topological polar surface area (TPSA) is 231 Å². The number of phosphoric ester groups is 2. The summed E-state index contributed by atoms with van der Waals surface area (Å²) in [7, 11) is -9.80. The number of hydrogen-bond donors (Lipinski definition) is 4. The summed E-state index contributed by atoms with van der Waals surface area (Å²) in [6, 6.07) is 0. The summed E-state index contributed by atoms with van der Waals surface area (Å²) in [4.78, 5) is 58.6. The largest absolute Gasteiger partial charge is 0.472 e. The van der Waals surface area contributed by atoms with E-state index in [9.17, 15) is 43.5 Å². The van der Waals surface area contributed by atoms with Crippen molar-refractivity contribution >= 4 is 33.6 Å². The SMILES string of the molecule is CC/C=C\C/C=C\C/C=C\C/C=C\C/C=C\CCCCCCCCCCCC(=O)OCC(O)COP(=O)(O)OCC(O)COP(=O)(O)OCC(COC(=O)CCCCCCCCC/C=C\C/C=C\C/C=C\C/C=C\C/C=C\CC)OC(=O)CCCCCCC/C=C\CCCCCCCC. The molecular formula is C81H138O16P2. The van der Waals surface area contributed by atoms with Crippen LogP contribution in [-0.4, -0.2) is 95.9 Å². The molecule has 0 bridgehead atoms. The Morgan fingerprint density at radius 3 is 0.859 bits per heavy atom. The quantitative estimate of drug-likeness (QED) is 0.0146. The van der Waals surface area contributed by atoms with Gasteiger partial charge in [-0.3, -0.25) is 32.5 Å². The third kappa shape index (κ3) is 74.7. The van der Waals surface area contributed by atoms with Gasteiger partial charge in [-0.05, 0) is 135 Å². The molecule has 0 aromatic heterocycles. The molecule has 0 radical (unpaired) electrons. The van der Waals surface area contributed by atoms with Crippen LogP contribution in [-0.2, 0) is 55.8 Å². The molecule has 0 saturated heterocycles. The van der Waals surface area contributed by atoms with Gasteiger partial charge in [0.2, 0.25) is 0 Å². The summed E-state index contributed by atoms with van der Waals surface area (Å²) in [5.74, 6) is -1.60. The molecule has 0 aliphatic rings. The van der Waals surface area contributed by atoms with Gasteiger partial charge < -0.3 is 34.2 Å². The van der Waals surface area contributed by atoms with Crippen molar-refractivity contribution in [1.82, 2.24) is 0 Å². The molecule has 0 heterocycles. The Hall–Kier alpha value is -4.31. The molecule has 0 aromatic rings. The third-order valence-electron chi connectivity index (χ3n) is 15.8. The molecule has 0 aliphatic heterocycles. The smallest absolute Gasteiger partial charge is 0.463 e. The molecule has 568 valence electrons. The molecule has 5 atom stereocenters. The lowest BCUT2D eigenvalue weighted by Crippen LogP contribution is -2.30. The van der Waals surface area contributed by atoms with E-state index in [-0.39, 0.29) is 19.3 Å². The highest BCUT2D eigenvalue weighted by Crippen LogP contribution is 2.45. The number of phosphoric acid groups is 2. The predicted molar refractivity (Wildman–Crippen MR) is 408 cm³/mol. The van der Waals surface area contributed by atoms with Crippen molar-refractivity contribution in [3.8, 4) is 0 Å². The number of aliphatic hydroxyl groups is 2. The van der Waals surface area contributed by atoms with Crippen molar-refractivity contribution in [3.63, 3.8) is 0 Å². The van der Waals surface area contributed by atoms with Crippen molar-refractivity contribution in [2.24, 2.45) is 0 Å². The molecule has 0 saturated carbocycles. The molecular weight excluding hydrogens is 1290 g/mol. The van der Waals surface area contributed by atoms with Crippen molar-refractivity contribution < 1.29 is 75.8 Å². The van der Waals surface area contributed by atoms with E-state index in [1.807, 2.05) is 0 Å². The van der Waals surface area contributed by atoms with Gasteiger partial charge in [-0.2, -0.15) is 0 Å². The van der Waals surface area contributed by atoms with Gasteiger partial charge in [0.05, 0.1) is 26.4 Å². The van der Waals surface area contributed by atoms with Gasteiger partial charge in [0.1, 0.15) is 25.4 Å². The standard InChI is InChI=1S/C81H138O16P2/c1-4-7-10-13-16-19-22-25-28-30-32-34-36-37-39-41-42-44-47-49-52-55-58-61-64-67-79(84)91-70-76(82)71-93-98(87,88)94-72-77(83)73-95-99(89,90)96-75-78(97-81(86)69-66-63-60-57-54-51-46-27-24-21-18-15-12-9-6-3)74-92-80(85)68-65-62-59-56-53-50-48-45-43-40-38-35-33-31-29-26-23-20-17-14-11-8-5-2/h7-8,10-11,16-17,19-20,25-29,32-35,37,39-40,43,46,76-78,82-83H,4-6,9,12-15,18,21-24,30-31,36,38,41-42,44-45,47-75H2,1-3H3,(H,87,88)(H,89,90)/b10-7-,11-8-,19-16-,20-17-,28-25-,29-26-,34-32-,35-33-,39-37-,43-40-,46-27-. The van der Waals surface area contributed by atoms with Crippen molar-refractivity contribution in [1.29, 1.82) is 0 Å². The Morgan fingerprint density at radius 2 is 0.535 bits per heavy atom. The molecule has 99 heavy (non-hydrogen) atoms. The molecule has 18 heteroatoms. The molecule has 0 spiro atoms. The van der Waals surface area contributed by atoms with Crippen LogP contribution in [0.15, 0.2) is 134 Å². The first kappa shape index (κ1) is 94.7. The Bertz CT molecular complexity index is 2330. The number of ether oxygens (including phenoxy) is 3. The summed E-state index contributed by atoms with van der Waals surface area (Å²) >= 11 is 0. The summed E-state index contributed by atoms with van der Waals surface area (Å²) in [5, 5.41) is 20.6. The first-order valence-electron chi connectivity index (χ1n) is 38.5. The Morgan fingerprint density at radius 1 is 0.293 bits per heavy atom. The van der Waals surface area contributed by atoms with Crippen molar-refractivity contribution in [2.45, 2.75) is 322 Å². The van der Waals surface area contributed by atoms with Gasteiger partial charge in [0.25, 0.3) is 0 Å². The lowest BCUT2D eigenvalue weighted by Gasteiger charge is -2.21. The number of hydrogen-bond acceptors (Lipinski definition) is 14. The number of rotatable bonds is 72. The van der Waals surface area contributed by atoms with Crippen LogP contribution in [0.3, 0.4) is 0 Å². The first-order valence-corrected chi connectivity index (χ1v) is 41.5. The lowest BCUT2D eigenvalue weighted by molar-refractivity contribution is -0.161. The van der Waals surface area contributed by atoms with E-state index in [2.05, 4.69) is 154 Å². The monoisotopic (exact) mass is 1430 g/mol. The fourth-order valence-corrected chi connectivity index (χ4v) is 11.6. The number of esters is 3. The summed E-state index contributed by atoms with van der Waals surface area (Å²) in [6.07, 6.45) is 87.7. The van der Waals surface area contributed by atoms with Gasteiger partial charge in [-0.1, -0.05) is 283 Å². The fourth-order valence-electron chi connectivity index (χ4n) is 10.0. The van der Waals surface area contributed by atoms with E-state index in [4.69, 9.17) is 32.3 Å². The lowest BCUT2D eigenvalue weighted by atomic mass is 10.1. The van der Waals surface area contributed by atoms with Gasteiger partial charge in [0.15, 0.2) is 6.10 Å². The minimum atomic E-state index is -4.94. The Kier molecular flexibility index (Phi) is 70.2. The second-order valence-electron chi connectivity index (χ2n) is 25.4. The van der Waals surface area contributed by atoms with Gasteiger partial charge in [0, 0.05) is 19.3 Å². The van der Waals surface area contributed by atoms with Crippen LogP contribution in [0.4, 0.5) is 0 Å². The normalized spacial score (nSPS) is 14.8. The molecule has 0 aromatic carbocycles. The maximum absolute atomic E-state index is 13.0. The number of unbranched alkanes of at least 4 members (excludes halogenated alkanes) is 27. The second-order valence-corrected chi connectivity index (χ2v) is 28.3. The summed E-state index contributed by atoms with van der Waals surface area (Å²) in [5.41, 5.74) is 0. The maximum atomic E-state index is 13.0. The first-order chi connectivity index (χ1) is 48.2. The number of carbonyl (C=O) groups excluding carboxylic acids is 3. The molecule has 0 rings (SSSR count). The molecule has 0 aliphatic carbocycles. The zero-order valence-electron chi connectivity index (χ0n) is 61.9. The predicted octanol–water partition coefficient (Wildman–Crippen LogP) is 22.3. The highest BCUT2D eigenvalue weighted by atomic mass is 31.2. The second kappa shape index (κ2) is 73.4. The molecule has 0 fully saturated rings. The fraction of sp³-hybridized carbons (Fsp3) is 0.691. The minimum absolute atomic E-state index is 0.0896. The highest BCUT2D eigenvalue weighted by molar-refractivity contribution is 7.47. The van der Waals surface area contributed by atoms with Gasteiger partial charge >= 0.3 is 33.6 Å². The van der Waals surface area contributed by atoms with E-state index in [1.165, 1.54) is 64.2 Å². The average molecular weight is 1430 g/mol. The summed E-state index contributed by atoms with van der Waals surface area (Å²) < 4.78 is 61.1. The van der Waals surface area contributed by atoms with E-state index in [1.54, 1.807) is 0 Å². The number of allylic oxidation sites excluding steroid dienone is 22. The Labute approximate surface area is 601 Å². The summed E-state index contributed by atoms with van der Waals surface area (Å²) in [6.45, 7) is 2.43. The van der Waals surface area contributed by atoms with Crippen LogP contribution >= 0.6 is 15.6 Å². The van der Waals surface area contributed by atoms with Crippen LogP contribution in [0.5, 0.6) is 0 Å². The molecule has 4 N–H and O–H groups in total. The highest BCUT2D eigenvalue weighted by Gasteiger charge is 2.29. The van der Waals surface area contributed by atoms with Crippen LogP contribution in [0.2, 0.25) is 0 Å². The molecule has 0 amide bonds. The maximum Gasteiger partial charge on any atom is 0.472 e. The van der Waals surface area contributed by atoms with Crippen LogP contribution < -0.4 is 0 Å². The average Bonchev–Trinajstić information content (AvgIpc) is 1.57. The number of aliphatic hydroxyl groups excluding tert-OH is 2. The van der Waals surface area contributed by atoms with Crippen molar-refractivity contribution in [2.75, 3.05) is 39.6 Å².